The molecule has 0 amide bonds. The Balaban J connectivity index is 1.56. The van der Waals surface area contributed by atoms with E-state index >= 15 is 0 Å². The third-order valence-electron chi connectivity index (χ3n) is 5.35. The molecule has 0 bridgehead atoms. The van der Waals surface area contributed by atoms with Gasteiger partial charge in [0, 0.05) is 21.9 Å². The van der Waals surface area contributed by atoms with Crippen LogP contribution in [0.25, 0.3) is 33.1 Å². The van der Waals surface area contributed by atoms with Crippen molar-refractivity contribution < 1.29 is 4.42 Å². The van der Waals surface area contributed by atoms with Gasteiger partial charge in [0.15, 0.2) is 17.3 Å². The second-order valence-corrected chi connectivity index (χ2v) is 7.69. The fourth-order valence-electron chi connectivity index (χ4n) is 3.79. The van der Waals surface area contributed by atoms with Crippen molar-refractivity contribution in [1.82, 2.24) is 0 Å². The van der Waals surface area contributed by atoms with E-state index in [0.717, 1.165) is 33.0 Å². The fourth-order valence-corrected chi connectivity index (χ4v) is 3.98. The van der Waals surface area contributed by atoms with Gasteiger partial charge in [0.1, 0.15) is 5.58 Å². The zero-order valence-corrected chi connectivity index (χ0v) is 17.8. The van der Waals surface area contributed by atoms with Crippen LogP contribution in [0, 0.1) is 5.41 Å². The summed E-state index contributed by atoms with van der Waals surface area (Å²) in [5.74, 6) is 0.443. The summed E-state index contributed by atoms with van der Waals surface area (Å²) in [6, 6.07) is 29.2. The first-order valence-electron chi connectivity index (χ1n) is 10.1. The first-order valence-corrected chi connectivity index (χ1v) is 10.4. The van der Waals surface area contributed by atoms with Crippen LogP contribution in [-0.2, 0) is 0 Å². The maximum atomic E-state index is 8.54. The molecule has 0 aliphatic heterocycles. The predicted octanol–water partition coefficient (Wildman–Crippen LogP) is 7.38. The Bertz CT molecular complexity index is 1500. The van der Waals surface area contributed by atoms with Crippen molar-refractivity contribution in [2.45, 2.75) is 0 Å². The fraction of sp³-hybridized carbons (Fsp3) is 0. The summed E-state index contributed by atoms with van der Waals surface area (Å²) in [5, 5.41) is 10.8. The Labute approximate surface area is 190 Å². The molecule has 1 aromatic heterocycles. The molecule has 5 heteroatoms. The molecular weight excluding hydrogens is 418 g/mol. The van der Waals surface area contributed by atoms with Crippen molar-refractivity contribution in [3.63, 3.8) is 0 Å². The van der Waals surface area contributed by atoms with Gasteiger partial charge in [-0.25, -0.2) is 9.98 Å². The van der Waals surface area contributed by atoms with E-state index in [-0.39, 0.29) is 5.84 Å². The Morgan fingerprint density at radius 1 is 0.812 bits per heavy atom. The van der Waals surface area contributed by atoms with Crippen LogP contribution in [0.15, 0.2) is 105 Å². The highest BCUT2D eigenvalue weighted by molar-refractivity contribution is 6.37. The van der Waals surface area contributed by atoms with Gasteiger partial charge in [0.2, 0.25) is 0 Å². The molecule has 0 atom stereocenters. The summed E-state index contributed by atoms with van der Waals surface area (Å²) < 4.78 is 5.96. The van der Waals surface area contributed by atoms with Crippen LogP contribution >= 0.6 is 11.6 Å². The lowest BCUT2D eigenvalue weighted by atomic mass is 10.0. The summed E-state index contributed by atoms with van der Waals surface area (Å²) in [6.45, 7) is 3.69. The molecule has 5 aromatic rings. The zero-order valence-electron chi connectivity index (χ0n) is 17.0. The Hall–Kier alpha value is -4.02. The molecule has 0 aliphatic carbocycles. The maximum Gasteiger partial charge on any atom is 0.161 e. The van der Waals surface area contributed by atoms with Crippen molar-refractivity contribution in [3.05, 3.63) is 107 Å². The van der Waals surface area contributed by atoms with Gasteiger partial charge < -0.3 is 4.42 Å². The number of hydrogen-bond acceptors (Lipinski definition) is 2. The first kappa shape index (κ1) is 19.9. The normalized spacial score (nSPS) is 11.7. The number of nitrogens with one attached hydrogen (secondary N) is 1. The summed E-state index contributed by atoms with van der Waals surface area (Å²) in [7, 11) is 0. The number of amidine groups is 2. The maximum absolute atomic E-state index is 8.54. The molecule has 0 radical (unpaired) electrons. The highest BCUT2D eigenvalue weighted by Crippen LogP contribution is 2.36. The van der Waals surface area contributed by atoms with Crippen molar-refractivity contribution >= 4 is 51.9 Å². The summed E-state index contributed by atoms with van der Waals surface area (Å²) >= 11 is 6.39. The van der Waals surface area contributed by atoms with E-state index in [9.17, 15) is 0 Å². The largest absolute Gasteiger partial charge is 0.454 e. The van der Waals surface area contributed by atoms with Crippen LogP contribution in [-0.4, -0.2) is 18.4 Å². The lowest BCUT2D eigenvalue weighted by Gasteiger charge is -2.06. The molecule has 0 spiro atoms. The number of fused-ring (bicyclic) bond motifs is 3. The molecule has 1 heterocycles. The van der Waals surface area contributed by atoms with Gasteiger partial charge >= 0.3 is 0 Å². The average Bonchev–Trinajstić information content (AvgIpc) is 3.24. The van der Waals surface area contributed by atoms with Gasteiger partial charge in [-0.3, -0.25) is 5.41 Å². The number of rotatable bonds is 3. The van der Waals surface area contributed by atoms with Gasteiger partial charge in [0.25, 0.3) is 0 Å². The molecule has 32 heavy (non-hydrogen) atoms. The van der Waals surface area contributed by atoms with Gasteiger partial charge in [0.05, 0.1) is 5.02 Å². The minimum atomic E-state index is 0.0999. The molecule has 4 nitrogen and oxygen atoms in total. The second kappa shape index (κ2) is 8.25. The Morgan fingerprint density at radius 2 is 1.50 bits per heavy atom. The lowest BCUT2D eigenvalue weighted by Crippen LogP contribution is -2.04. The van der Waals surface area contributed by atoms with Crippen molar-refractivity contribution in [2.75, 3.05) is 0 Å². The molecule has 0 saturated heterocycles. The quantitative estimate of drug-likeness (QED) is 0.233. The standard InChI is InChI=1S/C27H18ClN3O/c1-30-27(21-15-16-22(28)25-24(21)20-9-5-6-10-23(20)32-25)31-26(29)19-13-11-18(12-14-19)17-7-3-2-4-8-17/h2-16,29H,1H2. The summed E-state index contributed by atoms with van der Waals surface area (Å²) in [6.07, 6.45) is 0. The van der Waals surface area contributed by atoms with Crippen LogP contribution in [0.3, 0.4) is 0 Å². The van der Waals surface area contributed by atoms with Gasteiger partial charge in [-0.1, -0.05) is 84.4 Å². The van der Waals surface area contributed by atoms with E-state index in [2.05, 4.69) is 28.8 Å². The number of benzene rings is 4. The highest BCUT2D eigenvalue weighted by atomic mass is 35.5. The monoisotopic (exact) mass is 435 g/mol. The first-order chi connectivity index (χ1) is 15.7. The van der Waals surface area contributed by atoms with E-state index in [0.29, 0.717) is 22.0 Å². The van der Waals surface area contributed by atoms with Gasteiger partial charge in [-0.15, -0.1) is 0 Å². The topological polar surface area (TPSA) is 61.7 Å². The van der Waals surface area contributed by atoms with E-state index in [1.165, 1.54) is 0 Å². The Morgan fingerprint density at radius 3 is 2.25 bits per heavy atom. The molecular formula is C27H18ClN3O. The van der Waals surface area contributed by atoms with Gasteiger partial charge in [-0.05, 0) is 36.0 Å². The van der Waals surface area contributed by atoms with Crippen molar-refractivity contribution in [2.24, 2.45) is 9.98 Å². The number of furan rings is 1. The molecule has 0 saturated carbocycles. The average molecular weight is 436 g/mol. The third kappa shape index (κ3) is 3.51. The molecule has 0 aliphatic rings. The van der Waals surface area contributed by atoms with Crippen LogP contribution in [0.4, 0.5) is 0 Å². The number of aliphatic imine (C=N–C) groups is 2. The summed E-state index contributed by atoms with van der Waals surface area (Å²) in [4.78, 5) is 8.62. The predicted molar refractivity (Wildman–Crippen MR) is 134 cm³/mol. The number of hydrogen-bond donors (Lipinski definition) is 1. The third-order valence-corrected chi connectivity index (χ3v) is 5.65. The highest BCUT2D eigenvalue weighted by Gasteiger charge is 2.17. The van der Waals surface area contributed by atoms with E-state index in [4.69, 9.17) is 21.4 Å². The number of nitrogens with zero attached hydrogens (tertiary/aromatic N) is 2. The zero-order chi connectivity index (χ0) is 22.1. The molecule has 4 aromatic carbocycles. The lowest BCUT2D eigenvalue weighted by molar-refractivity contribution is 0.669. The van der Waals surface area contributed by atoms with Crippen LogP contribution in [0.1, 0.15) is 11.1 Å². The smallest absolute Gasteiger partial charge is 0.161 e. The molecule has 1 N–H and O–H groups in total. The molecule has 5 rings (SSSR count). The van der Waals surface area contributed by atoms with Crippen LogP contribution in [0.5, 0.6) is 0 Å². The minimum absolute atomic E-state index is 0.0999. The van der Waals surface area contributed by atoms with Crippen molar-refractivity contribution in [1.29, 1.82) is 5.41 Å². The van der Waals surface area contributed by atoms with Gasteiger partial charge in [-0.2, -0.15) is 0 Å². The van der Waals surface area contributed by atoms with E-state index in [1.807, 2.05) is 72.8 Å². The molecule has 0 fully saturated rings. The second-order valence-electron chi connectivity index (χ2n) is 7.28. The Kier molecular flexibility index (Phi) is 5.13. The molecule has 0 unspecified atom stereocenters. The molecule has 154 valence electrons. The van der Waals surface area contributed by atoms with E-state index in [1.54, 1.807) is 6.07 Å². The number of halogens is 1. The van der Waals surface area contributed by atoms with E-state index < -0.39 is 0 Å². The van der Waals surface area contributed by atoms with Crippen molar-refractivity contribution in [3.8, 4) is 11.1 Å². The SMILES string of the molecule is C=NC(=NC(=N)c1ccc(-c2ccccc2)cc1)c1ccc(Cl)c2oc3ccccc3c12. The number of para-hydroxylation sites is 1. The minimum Gasteiger partial charge on any atom is -0.454 e. The van der Waals surface area contributed by atoms with Crippen LogP contribution in [0.2, 0.25) is 5.02 Å². The summed E-state index contributed by atoms with van der Waals surface area (Å²) in [5.41, 5.74) is 4.91. The van der Waals surface area contributed by atoms with Crippen LogP contribution < -0.4 is 0 Å².